The Balaban J connectivity index is 1.00. The highest BCUT2D eigenvalue weighted by molar-refractivity contribution is 7.85. The number of nitrogens with one attached hydrogen (secondary N) is 3. The van der Waals surface area contributed by atoms with Crippen molar-refractivity contribution in [2.24, 2.45) is 0 Å². The van der Waals surface area contributed by atoms with Crippen molar-refractivity contribution in [1.82, 2.24) is 25.2 Å². The smallest absolute Gasteiger partial charge is 0.494 e. The van der Waals surface area contributed by atoms with Crippen molar-refractivity contribution in [3.8, 4) is 17.1 Å². The van der Waals surface area contributed by atoms with Crippen LogP contribution >= 0.6 is 0 Å². The fourth-order valence-electron chi connectivity index (χ4n) is 7.97. The van der Waals surface area contributed by atoms with Crippen molar-refractivity contribution in [2.45, 2.75) is 77.7 Å². The number of fused-ring (bicyclic) bond motifs is 2. The number of aromatic amines is 1. The first-order chi connectivity index (χ1) is 31.1. The number of ether oxygens (including phenoxy) is 1. The lowest BCUT2D eigenvalue weighted by Gasteiger charge is -2.31. The highest BCUT2D eigenvalue weighted by Crippen LogP contribution is 2.40. The van der Waals surface area contributed by atoms with Crippen molar-refractivity contribution in [3.05, 3.63) is 88.4 Å². The minimum Gasteiger partial charge on any atom is -0.494 e. The molecular weight excluding hydrogens is 879 g/mol. The maximum Gasteiger partial charge on any atom is 0.737 e. The number of halogens is 2. The Morgan fingerprint density at radius 2 is 1.68 bits per heavy atom. The van der Waals surface area contributed by atoms with Crippen LogP contribution < -0.4 is 15.4 Å². The van der Waals surface area contributed by atoms with E-state index in [0.29, 0.717) is 45.7 Å². The topological polar surface area (TPSA) is 209 Å². The van der Waals surface area contributed by atoms with Gasteiger partial charge in [0.05, 0.1) is 40.0 Å². The van der Waals surface area contributed by atoms with Crippen LogP contribution in [0.15, 0.2) is 65.9 Å². The van der Waals surface area contributed by atoms with Gasteiger partial charge >= 0.3 is 12.9 Å². The number of rotatable bonds is 22. The van der Waals surface area contributed by atoms with Gasteiger partial charge in [-0.05, 0) is 87.1 Å². The lowest BCUT2D eigenvalue weighted by molar-refractivity contribution is -0.870. The molecule has 354 valence electrons. The van der Waals surface area contributed by atoms with E-state index in [1.54, 1.807) is 42.5 Å². The molecule has 4 amide bonds. The molecule has 3 aromatic rings. The number of unbranched alkanes of at least 4 members (excludes halogenated alkanes) is 1. The lowest BCUT2D eigenvalue weighted by atomic mass is 9.89. The number of aromatic nitrogens is 2. The van der Waals surface area contributed by atoms with Crippen molar-refractivity contribution in [2.75, 3.05) is 46.6 Å². The third-order valence-electron chi connectivity index (χ3n) is 11.2. The molecule has 0 saturated carbocycles. The lowest BCUT2D eigenvalue weighted by Crippen LogP contribution is -2.50. The third-order valence-corrected chi connectivity index (χ3v) is 12.0. The summed E-state index contributed by atoms with van der Waals surface area (Å²) in [4.78, 5) is 68.6. The fourth-order valence-corrected chi connectivity index (χ4v) is 8.62. The Labute approximate surface area is 382 Å². The first kappa shape index (κ1) is 49.3. The maximum atomic E-state index is 17.0. The number of aryl methyl sites for hydroxylation is 2. The highest BCUT2D eigenvalue weighted by Gasteiger charge is 2.54. The number of quaternary nitrogens is 1. The SMILES string of the molecule is CC1=CC(/C=C/c2ccc(OCCCC(=O)NC(CS(=O)(=O)O)C(=O)NCCCCC(=O)ON3C(=O)CCC3=O)cc2)=[N+]2C1=Cc1c(CCC[N+](C)(C)C)cc(-c3ccc(C)[nH]3)n1[B-]2(F)F. The summed E-state index contributed by atoms with van der Waals surface area (Å²) in [6.07, 6.45) is 8.82. The van der Waals surface area contributed by atoms with Crippen LogP contribution in [0.25, 0.3) is 23.5 Å². The molecule has 0 bridgehead atoms. The predicted octanol–water partition coefficient (Wildman–Crippen LogP) is 4.56. The van der Waals surface area contributed by atoms with E-state index in [1.165, 1.54) is 4.48 Å². The summed E-state index contributed by atoms with van der Waals surface area (Å²) in [5.41, 5.74) is 5.64. The standard InChI is InChI=1S/C45H56BF2N7O10S/c1-30-26-34(52-38(30)28-39-33(10-8-24-55(3,4)5)27-40(53(39)46(52,47)48)36-20-13-31(2)50-36)17-14-32-15-18-35(19-16-32)64-25-9-11-41(56)51-37(29-66(61,62)63)45(60)49-23-7-6-12-44(59)65-54-42(57)21-22-43(54)58/h13-20,26-28,37,50H,6-12,21-25,29H2,1-5H3,(H2-,49,51,56,60,61,62,63)/p+1/b17-14+. The van der Waals surface area contributed by atoms with Gasteiger partial charge in [0, 0.05) is 79.5 Å². The predicted molar refractivity (Wildman–Crippen MR) is 243 cm³/mol. The third kappa shape index (κ3) is 12.6. The summed E-state index contributed by atoms with van der Waals surface area (Å²) in [6, 6.07) is 10.9. The van der Waals surface area contributed by atoms with Crippen LogP contribution in [-0.4, -0.2) is 131 Å². The number of imide groups is 1. The fraction of sp³-hybridized carbons (Fsp3) is 0.422. The molecule has 5 heterocycles. The average molecular weight is 937 g/mol. The van der Waals surface area contributed by atoms with Crippen LogP contribution in [0.3, 0.4) is 0 Å². The molecule has 21 heteroatoms. The quantitative estimate of drug-likeness (QED) is 0.0363. The number of amides is 4. The molecule has 17 nitrogen and oxygen atoms in total. The van der Waals surface area contributed by atoms with E-state index in [0.717, 1.165) is 44.3 Å². The van der Waals surface area contributed by atoms with Crippen molar-refractivity contribution < 1.29 is 64.1 Å². The van der Waals surface area contributed by atoms with Gasteiger partial charge < -0.3 is 47.3 Å². The number of carbonyl (C=O) groups is 5. The monoisotopic (exact) mass is 936 g/mol. The van der Waals surface area contributed by atoms with Gasteiger partial charge in [-0.1, -0.05) is 12.1 Å². The molecule has 2 aromatic heterocycles. The summed E-state index contributed by atoms with van der Waals surface area (Å²) in [5.74, 6) is -4.15. The average Bonchev–Trinajstić information content (AvgIpc) is 4.00. The van der Waals surface area contributed by atoms with E-state index in [2.05, 4.69) is 36.8 Å². The molecule has 3 aliphatic rings. The largest absolute Gasteiger partial charge is 0.737 e. The molecular formula is C45H57BF2N7O10S+. The van der Waals surface area contributed by atoms with Crippen LogP contribution in [0, 0.1) is 6.92 Å². The highest BCUT2D eigenvalue weighted by atomic mass is 32.2. The number of hydrogen-bond acceptors (Lipinski definition) is 9. The number of H-pyrrole nitrogens is 1. The van der Waals surface area contributed by atoms with Crippen molar-refractivity contribution in [3.63, 3.8) is 0 Å². The molecule has 3 aliphatic heterocycles. The second kappa shape index (κ2) is 20.5. The van der Waals surface area contributed by atoms with Gasteiger partial charge in [-0.15, -0.1) is 5.06 Å². The number of benzene rings is 1. The summed E-state index contributed by atoms with van der Waals surface area (Å²) < 4.78 is 75.6. The van der Waals surface area contributed by atoms with E-state index >= 15 is 8.63 Å². The number of carbonyl (C=O) groups excluding carboxylic acids is 5. The molecule has 1 fully saturated rings. The Hall–Kier alpha value is -6.19. The van der Waals surface area contributed by atoms with Gasteiger partial charge in [-0.3, -0.25) is 23.7 Å². The van der Waals surface area contributed by atoms with Gasteiger partial charge in [-0.2, -0.15) is 8.42 Å². The molecule has 1 atom stereocenters. The van der Waals surface area contributed by atoms with E-state index in [4.69, 9.17) is 9.57 Å². The Morgan fingerprint density at radius 3 is 2.33 bits per heavy atom. The van der Waals surface area contributed by atoms with Gasteiger partial charge in [0.25, 0.3) is 21.9 Å². The first-order valence-electron chi connectivity index (χ1n) is 21.9. The molecule has 1 aromatic carbocycles. The molecule has 4 N–H and O–H groups in total. The molecule has 6 rings (SSSR count). The normalized spacial score (nSPS) is 16.3. The molecule has 0 aliphatic carbocycles. The van der Waals surface area contributed by atoms with Crippen molar-refractivity contribution in [1.29, 1.82) is 0 Å². The second-order valence-corrected chi connectivity index (χ2v) is 19.2. The second-order valence-electron chi connectivity index (χ2n) is 17.7. The zero-order valence-corrected chi connectivity index (χ0v) is 38.6. The van der Waals surface area contributed by atoms with Gasteiger partial charge in [0.1, 0.15) is 17.5 Å². The summed E-state index contributed by atoms with van der Waals surface area (Å²) in [5, 5.41) is 5.21. The Morgan fingerprint density at radius 1 is 0.970 bits per heavy atom. The van der Waals surface area contributed by atoms with E-state index in [-0.39, 0.29) is 58.1 Å². The van der Waals surface area contributed by atoms with Crippen molar-refractivity contribution >= 4 is 64.5 Å². The van der Waals surface area contributed by atoms with Crippen LogP contribution in [0.4, 0.5) is 8.63 Å². The van der Waals surface area contributed by atoms with Crippen LogP contribution in [0.5, 0.6) is 5.75 Å². The molecule has 0 radical (unpaired) electrons. The molecule has 1 saturated heterocycles. The summed E-state index contributed by atoms with van der Waals surface area (Å²) >= 11 is 0. The number of hydrogen-bond donors (Lipinski definition) is 4. The number of hydroxylamine groups is 2. The van der Waals surface area contributed by atoms with Gasteiger partial charge in [0.2, 0.25) is 11.8 Å². The van der Waals surface area contributed by atoms with Gasteiger partial charge in [0.15, 0.2) is 11.4 Å². The van der Waals surface area contributed by atoms with E-state index in [9.17, 15) is 36.9 Å². The summed E-state index contributed by atoms with van der Waals surface area (Å²) in [6.45, 7) is 0.417. The van der Waals surface area contributed by atoms with E-state index in [1.807, 2.05) is 38.1 Å². The van der Waals surface area contributed by atoms with Crippen LogP contribution in [0.2, 0.25) is 0 Å². The number of allylic oxidation sites excluding steroid dienone is 3. The molecule has 0 spiro atoms. The van der Waals surface area contributed by atoms with E-state index < -0.39 is 58.5 Å². The van der Waals surface area contributed by atoms with Crippen LogP contribution in [-0.2, 0) is 45.3 Å². The van der Waals surface area contributed by atoms with Crippen LogP contribution in [0.1, 0.15) is 80.8 Å². The maximum absolute atomic E-state index is 17.0. The Bertz CT molecular complexity index is 2590. The minimum absolute atomic E-state index is 0.0131. The first-order valence-corrected chi connectivity index (χ1v) is 23.5. The molecule has 66 heavy (non-hydrogen) atoms. The minimum atomic E-state index is -4.66. The molecule has 1 unspecified atom stereocenters. The zero-order valence-electron chi connectivity index (χ0n) is 37.8. The van der Waals surface area contributed by atoms with Gasteiger partial charge in [-0.25, -0.2) is 4.79 Å². The zero-order chi connectivity index (χ0) is 48.0. The Kier molecular flexibility index (Phi) is 15.3. The summed E-state index contributed by atoms with van der Waals surface area (Å²) in [7, 11) is 1.68. The number of nitrogens with zero attached hydrogens (tertiary/aromatic N) is 4.